The maximum atomic E-state index is 11.3. The van der Waals surface area contributed by atoms with E-state index in [2.05, 4.69) is 0 Å². The predicted molar refractivity (Wildman–Crippen MR) is 46.7 cm³/mol. The molecule has 0 aromatic carbocycles. The summed E-state index contributed by atoms with van der Waals surface area (Å²) in [6.45, 7) is 3.63. The molecule has 1 fully saturated rings. The van der Waals surface area contributed by atoms with Gasteiger partial charge in [-0.25, -0.2) is 0 Å². The number of rotatable bonds is 3. The molecule has 1 amide bonds. The van der Waals surface area contributed by atoms with Crippen molar-refractivity contribution in [3.8, 4) is 0 Å². The lowest BCUT2D eigenvalue weighted by molar-refractivity contribution is -0.140. The largest absolute Gasteiger partial charge is 0.387 e. The third kappa shape index (κ3) is 1.78. The first-order valence-corrected chi connectivity index (χ1v) is 4.59. The maximum Gasteiger partial charge on any atom is 0.248 e. The fourth-order valence-corrected chi connectivity index (χ4v) is 1.66. The zero-order valence-electron chi connectivity index (χ0n) is 7.79. The van der Waals surface area contributed by atoms with Crippen LogP contribution in [-0.4, -0.2) is 34.6 Å². The van der Waals surface area contributed by atoms with Crippen LogP contribution in [0.5, 0.6) is 0 Å². The Morgan fingerprint density at radius 3 is 2.42 bits per heavy atom. The quantitative estimate of drug-likeness (QED) is 0.681. The van der Waals surface area contributed by atoms with Gasteiger partial charge in [0.25, 0.3) is 0 Å². The highest BCUT2D eigenvalue weighted by molar-refractivity contribution is 5.77. The molecular formula is C9H17NO2. The molecule has 0 aromatic rings. The van der Waals surface area contributed by atoms with Crippen molar-refractivity contribution in [2.24, 2.45) is 0 Å². The van der Waals surface area contributed by atoms with Crippen molar-refractivity contribution in [2.45, 2.75) is 45.2 Å². The fourth-order valence-electron chi connectivity index (χ4n) is 1.66. The van der Waals surface area contributed by atoms with Crippen LogP contribution < -0.4 is 0 Å². The summed E-state index contributed by atoms with van der Waals surface area (Å²) in [4.78, 5) is 13.1. The van der Waals surface area contributed by atoms with Gasteiger partial charge in [-0.2, -0.15) is 0 Å². The van der Waals surface area contributed by atoms with Gasteiger partial charge in [0.1, 0.15) is 6.61 Å². The van der Waals surface area contributed by atoms with E-state index < -0.39 is 0 Å². The monoisotopic (exact) mass is 171 g/mol. The van der Waals surface area contributed by atoms with E-state index in [1.807, 2.05) is 18.7 Å². The molecule has 1 N–H and O–H groups in total. The maximum absolute atomic E-state index is 11.3. The molecule has 1 rings (SSSR count). The Morgan fingerprint density at radius 1 is 1.58 bits per heavy atom. The van der Waals surface area contributed by atoms with Gasteiger partial charge in [-0.3, -0.25) is 4.79 Å². The van der Waals surface area contributed by atoms with Gasteiger partial charge in [-0.05, 0) is 33.1 Å². The highest BCUT2D eigenvalue weighted by Crippen LogP contribution is 2.26. The number of hydrogen-bond acceptors (Lipinski definition) is 2. The standard InChI is InChI=1S/C9H17NO2/c1-7(2)10(9(12)6-11)8-4-3-5-8/h7-8,11H,3-6H2,1-2H3. The van der Waals surface area contributed by atoms with Gasteiger partial charge in [-0.15, -0.1) is 0 Å². The van der Waals surface area contributed by atoms with Crippen molar-refractivity contribution in [1.82, 2.24) is 4.90 Å². The first-order valence-electron chi connectivity index (χ1n) is 4.59. The summed E-state index contributed by atoms with van der Waals surface area (Å²) in [7, 11) is 0. The lowest BCUT2D eigenvalue weighted by atomic mass is 9.90. The molecule has 0 radical (unpaired) electrons. The van der Waals surface area contributed by atoms with Gasteiger partial charge in [0.05, 0.1) is 0 Å². The Hall–Kier alpha value is -0.570. The van der Waals surface area contributed by atoms with Crippen molar-refractivity contribution in [2.75, 3.05) is 6.61 Å². The minimum Gasteiger partial charge on any atom is -0.387 e. The second kappa shape index (κ2) is 3.90. The van der Waals surface area contributed by atoms with Gasteiger partial charge in [0.2, 0.25) is 5.91 Å². The molecule has 0 spiro atoms. The number of aliphatic hydroxyl groups is 1. The molecule has 0 unspecified atom stereocenters. The Kier molecular flexibility index (Phi) is 3.09. The molecule has 0 saturated heterocycles. The van der Waals surface area contributed by atoms with Crippen LogP contribution in [0.4, 0.5) is 0 Å². The molecule has 0 aromatic heterocycles. The first-order chi connectivity index (χ1) is 5.66. The molecule has 1 saturated carbocycles. The smallest absolute Gasteiger partial charge is 0.248 e. The Bertz CT molecular complexity index is 164. The normalized spacial score (nSPS) is 17.7. The van der Waals surface area contributed by atoms with Crippen LogP contribution in [0.2, 0.25) is 0 Å². The van der Waals surface area contributed by atoms with E-state index >= 15 is 0 Å². The molecule has 0 heterocycles. The Morgan fingerprint density at radius 2 is 2.17 bits per heavy atom. The zero-order chi connectivity index (χ0) is 9.14. The Balaban J connectivity index is 2.53. The SMILES string of the molecule is CC(C)N(C(=O)CO)C1CCC1. The molecule has 0 bridgehead atoms. The van der Waals surface area contributed by atoms with Gasteiger partial charge < -0.3 is 10.0 Å². The summed E-state index contributed by atoms with van der Waals surface area (Å²) in [6, 6.07) is 0.611. The van der Waals surface area contributed by atoms with Gasteiger partial charge in [0, 0.05) is 12.1 Å². The van der Waals surface area contributed by atoms with E-state index in [-0.39, 0.29) is 18.6 Å². The molecule has 0 atom stereocenters. The van der Waals surface area contributed by atoms with E-state index in [4.69, 9.17) is 5.11 Å². The highest BCUT2D eigenvalue weighted by atomic mass is 16.3. The molecular weight excluding hydrogens is 154 g/mol. The van der Waals surface area contributed by atoms with Crippen LogP contribution in [0, 0.1) is 0 Å². The molecule has 70 valence electrons. The van der Waals surface area contributed by atoms with Crippen molar-refractivity contribution in [1.29, 1.82) is 0 Å². The summed E-state index contributed by atoms with van der Waals surface area (Å²) in [5, 5.41) is 8.73. The molecule has 12 heavy (non-hydrogen) atoms. The van der Waals surface area contributed by atoms with E-state index in [1.165, 1.54) is 6.42 Å². The summed E-state index contributed by atoms with van der Waals surface area (Å²) >= 11 is 0. The number of aliphatic hydroxyl groups excluding tert-OH is 1. The zero-order valence-corrected chi connectivity index (χ0v) is 7.79. The molecule has 1 aliphatic carbocycles. The van der Waals surface area contributed by atoms with Crippen LogP contribution in [0.15, 0.2) is 0 Å². The van der Waals surface area contributed by atoms with Crippen molar-refractivity contribution in [3.05, 3.63) is 0 Å². The average molecular weight is 171 g/mol. The molecule has 0 aliphatic heterocycles. The summed E-state index contributed by atoms with van der Waals surface area (Å²) < 4.78 is 0. The highest BCUT2D eigenvalue weighted by Gasteiger charge is 2.29. The van der Waals surface area contributed by atoms with Crippen LogP contribution in [0.3, 0.4) is 0 Å². The van der Waals surface area contributed by atoms with Gasteiger partial charge in [0.15, 0.2) is 0 Å². The third-order valence-corrected chi connectivity index (χ3v) is 2.45. The summed E-state index contributed by atoms with van der Waals surface area (Å²) in [6.07, 6.45) is 3.42. The number of carbonyl (C=O) groups excluding carboxylic acids is 1. The molecule has 3 nitrogen and oxygen atoms in total. The Labute approximate surface area is 73.4 Å². The number of amides is 1. The van der Waals surface area contributed by atoms with Crippen LogP contribution in [-0.2, 0) is 4.79 Å². The third-order valence-electron chi connectivity index (χ3n) is 2.45. The lowest BCUT2D eigenvalue weighted by Gasteiger charge is -2.40. The van der Waals surface area contributed by atoms with Crippen LogP contribution >= 0.6 is 0 Å². The predicted octanol–water partition coefficient (Wildman–Crippen LogP) is 0.768. The second-order valence-electron chi connectivity index (χ2n) is 3.64. The van der Waals surface area contributed by atoms with E-state index in [1.54, 1.807) is 0 Å². The van der Waals surface area contributed by atoms with E-state index in [0.717, 1.165) is 12.8 Å². The first kappa shape index (κ1) is 9.52. The number of nitrogens with zero attached hydrogens (tertiary/aromatic N) is 1. The minimum absolute atomic E-state index is 0.130. The van der Waals surface area contributed by atoms with Crippen LogP contribution in [0.25, 0.3) is 0 Å². The van der Waals surface area contributed by atoms with Crippen LogP contribution in [0.1, 0.15) is 33.1 Å². The van der Waals surface area contributed by atoms with Gasteiger partial charge in [-0.1, -0.05) is 0 Å². The molecule has 1 aliphatic rings. The minimum atomic E-state index is -0.353. The average Bonchev–Trinajstić information content (AvgIpc) is 1.94. The lowest BCUT2D eigenvalue weighted by Crippen LogP contribution is -2.49. The van der Waals surface area contributed by atoms with Crippen molar-refractivity contribution in [3.63, 3.8) is 0 Å². The van der Waals surface area contributed by atoms with E-state index in [9.17, 15) is 4.79 Å². The second-order valence-corrected chi connectivity index (χ2v) is 3.64. The van der Waals surface area contributed by atoms with Gasteiger partial charge >= 0.3 is 0 Å². The number of hydrogen-bond donors (Lipinski definition) is 1. The van der Waals surface area contributed by atoms with Crippen molar-refractivity contribution < 1.29 is 9.90 Å². The summed E-state index contributed by atoms with van der Waals surface area (Å²) in [5.41, 5.74) is 0. The molecule has 3 heteroatoms. The van der Waals surface area contributed by atoms with Crippen molar-refractivity contribution >= 4 is 5.91 Å². The topological polar surface area (TPSA) is 40.5 Å². The number of carbonyl (C=O) groups is 1. The fraction of sp³-hybridized carbons (Fsp3) is 0.889. The van der Waals surface area contributed by atoms with E-state index in [0.29, 0.717) is 6.04 Å². The summed E-state index contributed by atoms with van der Waals surface area (Å²) in [5.74, 6) is -0.130.